The molecule has 1 nitrogen and oxygen atoms in total. The van der Waals surface area contributed by atoms with E-state index in [0.717, 1.165) is 12.3 Å². The van der Waals surface area contributed by atoms with Crippen LogP contribution in [0.25, 0.3) is 0 Å². The van der Waals surface area contributed by atoms with Crippen molar-refractivity contribution in [2.75, 3.05) is 0 Å². The number of hydrogen-bond acceptors (Lipinski definition) is 2. The molecule has 1 heterocycles. The van der Waals surface area contributed by atoms with Crippen LogP contribution >= 0.6 is 27.3 Å². The molecule has 3 heteroatoms. The summed E-state index contributed by atoms with van der Waals surface area (Å²) in [7, 11) is 0. The summed E-state index contributed by atoms with van der Waals surface area (Å²) in [6.07, 6.45) is 1.16. The van der Waals surface area contributed by atoms with Gasteiger partial charge in [0.05, 0.1) is 3.79 Å². The molecule has 0 saturated heterocycles. The Morgan fingerprint density at radius 2 is 2.33 bits per heavy atom. The van der Waals surface area contributed by atoms with Crippen molar-refractivity contribution in [3.8, 4) is 0 Å². The summed E-state index contributed by atoms with van der Waals surface area (Å²) in [5.74, 6) is 1.38. The van der Waals surface area contributed by atoms with Crippen molar-refractivity contribution < 1.29 is 0 Å². The topological polar surface area (TPSA) is 26.0 Å². The van der Waals surface area contributed by atoms with Crippen LogP contribution in [-0.2, 0) is 0 Å². The lowest BCUT2D eigenvalue weighted by molar-refractivity contribution is 0.230. The van der Waals surface area contributed by atoms with Gasteiger partial charge in [-0.15, -0.1) is 11.3 Å². The number of nitrogens with two attached hydrogens (primary N) is 1. The lowest BCUT2D eigenvalue weighted by atomic mass is 9.70. The van der Waals surface area contributed by atoms with Gasteiger partial charge in [0.15, 0.2) is 0 Å². The zero-order valence-electron chi connectivity index (χ0n) is 6.96. The molecule has 3 atom stereocenters. The third kappa shape index (κ3) is 1.34. The Kier molecular flexibility index (Phi) is 2.27. The molecule has 1 aliphatic rings. The number of thiophene rings is 1. The van der Waals surface area contributed by atoms with E-state index < -0.39 is 0 Å². The summed E-state index contributed by atoms with van der Waals surface area (Å²) in [5, 5.41) is 0. The minimum atomic E-state index is 0.427. The summed E-state index contributed by atoms with van der Waals surface area (Å²) in [4.78, 5) is 1.48. The van der Waals surface area contributed by atoms with Gasteiger partial charge in [-0.05, 0) is 46.3 Å². The average molecular weight is 246 g/mol. The van der Waals surface area contributed by atoms with E-state index in [-0.39, 0.29) is 0 Å². The minimum Gasteiger partial charge on any atom is -0.327 e. The van der Waals surface area contributed by atoms with Gasteiger partial charge in [-0.25, -0.2) is 0 Å². The van der Waals surface area contributed by atoms with E-state index in [4.69, 9.17) is 5.73 Å². The fourth-order valence-corrected chi connectivity index (χ4v) is 3.38. The van der Waals surface area contributed by atoms with Crippen LogP contribution in [0.2, 0.25) is 0 Å². The quantitative estimate of drug-likeness (QED) is 0.810. The van der Waals surface area contributed by atoms with Crippen LogP contribution in [-0.4, -0.2) is 6.04 Å². The maximum Gasteiger partial charge on any atom is 0.0701 e. The molecule has 3 unspecified atom stereocenters. The Balaban J connectivity index is 2.12. The van der Waals surface area contributed by atoms with Crippen molar-refractivity contribution in [3.63, 3.8) is 0 Å². The number of halogens is 1. The second kappa shape index (κ2) is 3.13. The summed E-state index contributed by atoms with van der Waals surface area (Å²) in [5.41, 5.74) is 5.85. The van der Waals surface area contributed by atoms with Gasteiger partial charge in [-0.1, -0.05) is 6.92 Å². The normalized spacial score (nSPS) is 34.8. The SMILES string of the molecule is CC1C(N)CC1c1ccc(Br)s1. The summed E-state index contributed by atoms with van der Waals surface area (Å²) in [6, 6.07) is 4.76. The monoisotopic (exact) mass is 245 g/mol. The number of hydrogen-bond donors (Lipinski definition) is 1. The maximum atomic E-state index is 5.85. The third-order valence-corrected chi connectivity index (χ3v) is 4.55. The highest BCUT2D eigenvalue weighted by Gasteiger charge is 2.36. The van der Waals surface area contributed by atoms with E-state index in [1.54, 1.807) is 0 Å². The first-order valence-electron chi connectivity index (χ1n) is 4.19. The molecule has 66 valence electrons. The highest BCUT2D eigenvalue weighted by molar-refractivity contribution is 9.11. The molecule has 1 aromatic rings. The first-order valence-corrected chi connectivity index (χ1v) is 5.80. The fraction of sp³-hybridized carbons (Fsp3) is 0.556. The summed E-state index contributed by atoms with van der Waals surface area (Å²) in [6.45, 7) is 2.24. The van der Waals surface area contributed by atoms with E-state index in [1.807, 2.05) is 11.3 Å². The number of rotatable bonds is 1. The molecule has 0 spiro atoms. The molecule has 1 aliphatic carbocycles. The van der Waals surface area contributed by atoms with Crippen LogP contribution in [0.3, 0.4) is 0 Å². The van der Waals surface area contributed by atoms with Gasteiger partial charge in [0.2, 0.25) is 0 Å². The molecule has 0 aliphatic heterocycles. The Hall–Kier alpha value is 0.140. The first-order chi connectivity index (χ1) is 5.68. The van der Waals surface area contributed by atoms with Crippen LogP contribution in [0.15, 0.2) is 15.9 Å². The van der Waals surface area contributed by atoms with Gasteiger partial charge in [-0.2, -0.15) is 0 Å². The maximum absolute atomic E-state index is 5.85. The van der Waals surface area contributed by atoms with Crippen molar-refractivity contribution in [1.29, 1.82) is 0 Å². The van der Waals surface area contributed by atoms with Crippen LogP contribution in [0, 0.1) is 5.92 Å². The van der Waals surface area contributed by atoms with Crippen molar-refractivity contribution >= 4 is 27.3 Å². The highest BCUT2D eigenvalue weighted by atomic mass is 79.9. The van der Waals surface area contributed by atoms with Gasteiger partial charge in [-0.3, -0.25) is 0 Å². The Morgan fingerprint density at radius 1 is 1.58 bits per heavy atom. The van der Waals surface area contributed by atoms with Gasteiger partial charge in [0.1, 0.15) is 0 Å². The van der Waals surface area contributed by atoms with Crippen LogP contribution in [0.1, 0.15) is 24.1 Å². The highest BCUT2D eigenvalue weighted by Crippen LogP contribution is 2.44. The molecule has 1 fully saturated rings. The van der Waals surface area contributed by atoms with Gasteiger partial charge in [0.25, 0.3) is 0 Å². The molecule has 0 aromatic carbocycles. The van der Waals surface area contributed by atoms with E-state index in [2.05, 4.69) is 35.0 Å². The second-order valence-corrected chi connectivity index (χ2v) is 6.00. The first kappa shape index (κ1) is 8.73. The van der Waals surface area contributed by atoms with Crippen molar-refractivity contribution in [3.05, 3.63) is 20.8 Å². The predicted molar refractivity (Wildman–Crippen MR) is 56.5 cm³/mol. The zero-order valence-corrected chi connectivity index (χ0v) is 9.36. The molecule has 0 radical (unpaired) electrons. The summed E-state index contributed by atoms with van der Waals surface area (Å²) < 4.78 is 1.23. The van der Waals surface area contributed by atoms with Crippen molar-refractivity contribution in [2.45, 2.75) is 25.3 Å². The van der Waals surface area contributed by atoms with Crippen LogP contribution in [0.4, 0.5) is 0 Å². The Labute approximate surface area is 85.1 Å². The molecule has 0 amide bonds. The minimum absolute atomic E-state index is 0.427. The molecule has 1 aromatic heterocycles. The molecule has 12 heavy (non-hydrogen) atoms. The van der Waals surface area contributed by atoms with E-state index in [9.17, 15) is 0 Å². The van der Waals surface area contributed by atoms with Crippen molar-refractivity contribution in [1.82, 2.24) is 0 Å². The second-order valence-electron chi connectivity index (χ2n) is 3.51. The van der Waals surface area contributed by atoms with Crippen LogP contribution in [0.5, 0.6) is 0 Å². The van der Waals surface area contributed by atoms with Gasteiger partial charge >= 0.3 is 0 Å². The Morgan fingerprint density at radius 3 is 2.75 bits per heavy atom. The van der Waals surface area contributed by atoms with E-state index >= 15 is 0 Å². The standard InChI is InChI=1S/C9H12BrNS/c1-5-6(4-7(5)11)8-2-3-9(10)12-8/h2-3,5-7H,4,11H2,1H3. The fourth-order valence-electron chi connectivity index (χ4n) is 1.73. The van der Waals surface area contributed by atoms with E-state index in [0.29, 0.717) is 12.0 Å². The van der Waals surface area contributed by atoms with Gasteiger partial charge in [0, 0.05) is 10.9 Å². The molecular formula is C9H12BrNS. The lowest BCUT2D eigenvalue weighted by Crippen LogP contribution is -2.43. The molecule has 2 N–H and O–H groups in total. The average Bonchev–Trinajstić information content (AvgIpc) is 2.46. The van der Waals surface area contributed by atoms with Crippen LogP contribution < -0.4 is 5.73 Å². The summed E-state index contributed by atoms with van der Waals surface area (Å²) >= 11 is 5.31. The third-order valence-electron chi connectivity index (χ3n) is 2.80. The van der Waals surface area contributed by atoms with Crippen molar-refractivity contribution in [2.24, 2.45) is 11.7 Å². The zero-order chi connectivity index (χ0) is 8.72. The molecule has 2 rings (SSSR count). The van der Waals surface area contributed by atoms with E-state index in [1.165, 1.54) is 8.66 Å². The molecule has 0 bridgehead atoms. The molecular weight excluding hydrogens is 234 g/mol. The largest absolute Gasteiger partial charge is 0.327 e. The molecule has 1 saturated carbocycles. The van der Waals surface area contributed by atoms with Gasteiger partial charge < -0.3 is 5.73 Å². The Bertz CT molecular complexity index is 284. The predicted octanol–water partition coefficient (Wildman–Crippen LogP) is 2.96. The smallest absolute Gasteiger partial charge is 0.0701 e. The lowest BCUT2D eigenvalue weighted by Gasteiger charge is -2.39.